The van der Waals surface area contributed by atoms with Gasteiger partial charge in [0.2, 0.25) is 11.8 Å². The molecule has 4 rings (SSSR count). The maximum absolute atomic E-state index is 11.7. The summed E-state index contributed by atoms with van der Waals surface area (Å²) in [4.78, 5) is 10.6. The molecule has 2 aliphatic rings. The van der Waals surface area contributed by atoms with Crippen LogP contribution in [0.5, 0.6) is 0 Å². The smallest absolute Gasteiger partial charge is 0.269 e. The molecule has 1 aromatic carbocycles. The number of nitro groups is 1. The first-order valence-corrected chi connectivity index (χ1v) is 9.85. The fraction of sp³-hybridized carbons (Fsp3) is 0.333. The van der Waals surface area contributed by atoms with Crippen LogP contribution in [-0.2, 0) is 0 Å². The monoisotopic (exact) mass is 409 g/mol. The molecule has 2 N–H and O–H groups in total. The molecule has 2 aromatic rings. The summed E-state index contributed by atoms with van der Waals surface area (Å²) >= 11 is 4.48. The molecule has 8 heteroatoms. The average Bonchev–Trinajstić information content (AvgIpc) is 3.53. The molecule has 29 heavy (non-hydrogen) atoms. The highest BCUT2D eigenvalue weighted by molar-refractivity contribution is 7.84. The van der Waals surface area contributed by atoms with E-state index in [2.05, 4.69) is 24.0 Å². The minimum absolute atomic E-state index is 0.0199. The Balaban J connectivity index is 1.92. The third kappa shape index (κ3) is 3.37. The molecule has 0 unspecified atom stereocenters. The molecule has 0 saturated heterocycles. The summed E-state index contributed by atoms with van der Waals surface area (Å²) in [7, 11) is 0. The normalized spacial score (nSPS) is 26.6. The van der Waals surface area contributed by atoms with E-state index in [4.69, 9.17) is 0 Å². The Morgan fingerprint density at radius 3 is 2.59 bits per heavy atom. The summed E-state index contributed by atoms with van der Waals surface area (Å²) in [6.45, 7) is 1.97. The summed E-state index contributed by atoms with van der Waals surface area (Å²) in [5.41, 5.74) is 0.827. The lowest BCUT2D eigenvalue weighted by Crippen LogP contribution is -2.65. The van der Waals surface area contributed by atoms with E-state index in [9.17, 15) is 20.5 Å². The Hall–Kier alpha value is -2.89. The van der Waals surface area contributed by atoms with Crippen LogP contribution in [0.2, 0.25) is 0 Å². The fourth-order valence-electron chi connectivity index (χ4n) is 4.22. The van der Waals surface area contributed by atoms with E-state index in [1.54, 1.807) is 12.1 Å². The van der Waals surface area contributed by atoms with Crippen molar-refractivity contribution in [3.05, 3.63) is 80.6 Å². The van der Waals surface area contributed by atoms with Crippen LogP contribution in [0, 0.1) is 34.3 Å². The van der Waals surface area contributed by atoms with Crippen molar-refractivity contribution in [2.45, 2.75) is 37.5 Å². The number of aromatic nitrogens is 1. The van der Waals surface area contributed by atoms with Crippen LogP contribution in [0.25, 0.3) is 0 Å². The number of hydrogen-bond acceptors (Lipinski definition) is 6. The summed E-state index contributed by atoms with van der Waals surface area (Å²) in [5.74, 6) is -0.476. The lowest BCUT2D eigenvalue weighted by atomic mass is 9.76. The molecule has 0 spiro atoms. The second-order valence-corrected chi connectivity index (χ2v) is 8.15. The highest BCUT2D eigenvalue weighted by atomic mass is 32.1. The maximum atomic E-state index is 11.7. The molecule has 1 aliphatic carbocycles. The lowest BCUT2D eigenvalue weighted by Gasteiger charge is -2.42. The van der Waals surface area contributed by atoms with Gasteiger partial charge in [-0.1, -0.05) is 12.1 Å². The highest BCUT2D eigenvalue weighted by Gasteiger charge is 2.60. The van der Waals surface area contributed by atoms with Gasteiger partial charge in [-0.3, -0.25) is 10.1 Å². The molecule has 1 aromatic heterocycles. The zero-order valence-corrected chi connectivity index (χ0v) is 16.7. The largest absolute Gasteiger partial charge is 0.365 e. The van der Waals surface area contributed by atoms with Gasteiger partial charge < -0.3 is 10.4 Å². The van der Waals surface area contributed by atoms with Crippen molar-refractivity contribution < 1.29 is 14.6 Å². The van der Waals surface area contributed by atoms with Gasteiger partial charge in [-0.2, -0.15) is 9.83 Å². The number of pyridine rings is 1. The first kappa shape index (κ1) is 19.4. The van der Waals surface area contributed by atoms with Crippen molar-refractivity contribution in [1.82, 2.24) is 5.32 Å². The lowest BCUT2D eigenvalue weighted by molar-refractivity contribution is -0.742. The van der Waals surface area contributed by atoms with Crippen LogP contribution in [0.4, 0.5) is 5.69 Å². The number of nitro benzene ring substituents is 1. The van der Waals surface area contributed by atoms with Crippen molar-refractivity contribution in [1.29, 1.82) is 5.26 Å². The molecule has 1 fully saturated rings. The van der Waals surface area contributed by atoms with E-state index < -0.39 is 22.6 Å². The second kappa shape index (κ2) is 7.17. The van der Waals surface area contributed by atoms with Crippen molar-refractivity contribution in [2.75, 3.05) is 0 Å². The van der Waals surface area contributed by atoms with Crippen molar-refractivity contribution in [3.8, 4) is 6.07 Å². The van der Waals surface area contributed by atoms with E-state index in [0.29, 0.717) is 10.6 Å². The number of nitrogens with zero attached hydrogens (tertiary/aromatic N) is 3. The number of rotatable bonds is 4. The summed E-state index contributed by atoms with van der Waals surface area (Å²) in [6.07, 6.45) is 5.57. The number of aliphatic hydroxyl groups is 1. The predicted molar refractivity (Wildman–Crippen MR) is 109 cm³/mol. The SMILES string of the molecule is Cc1ccc[n+]([C@H]2[C@H](c3ccc([N+](=O)[O-])cc3)C(C#N)=C(S)N[C@@]2(O)C2CC2)c1. The number of nitrogens with one attached hydrogen (secondary N) is 1. The van der Waals surface area contributed by atoms with E-state index in [0.717, 1.165) is 24.0 Å². The van der Waals surface area contributed by atoms with Gasteiger partial charge in [-0.25, -0.2) is 0 Å². The Bertz CT molecular complexity index is 1040. The van der Waals surface area contributed by atoms with Crippen molar-refractivity contribution in [2.24, 2.45) is 5.92 Å². The van der Waals surface area contributed by atoms with Crippen LogP contribution >= 0.6 is 12.6 Å². The Kier molecular flexibility index (Phi) is 4.81. The molecule has 2 heterocycles. The van der Waals surface area contributed by atoms with Gasteiger partial charge in [0.25, 0.3) is 5.69 Å². The number of aryl methyl sites for hydroxylation is 1. The molecule has 148 valence electrons. The molecule has 0 bridgehead atoms. The second-order valence-electron chi connectivity index (χ2n) is 7.70. The predicted octanol–water partition coefficient (Wildman–Crippen LogP) is 2.88. The van der Waals surface area contributed by atoms with Crippen molar-refractivity contribution in [3.63, 3.8) is 0 Å². The van der Waals surface area contributed by atoms with Gasteiger partial charge in [0.15, 0.2) is 12.4 Å². The summed E-state index contributed by atoms with van der Waals surface area (Å²) in [5, 5.41) is 36.1. The first-order chi connectivity index (χ1) is 13.8. The molecule has 3 atom stereocenters. The molecule has 1 saturated carbocycles. The number of non-ortho nitro benzene ring substituents is 1. The van der Waals surface area contributed by atoms with Gasteiger partial charge in [0.05, 0.1) is 27.5 Å². The van der Waals surface area contributed by atoms with Crippen LogP contribution in [0.15, 0.2) is 59.4 Å². The molecule has 0 radical (unpaired) electrons. The highest BCUT2D eigenvalue weighted by Crippen LogP contribution is 2.52. The topological polar surface area (TPSA) is 103 Å². The standard InChI is InChI=1S/C21H20N4O3S/c1-13-3-2-10-24(12-13)19-18(14-4-8-16(9-5-14)25(27)28)17(11-22)20(29)23-21(19,26)15-6-7-15/h2-5,8-10,12,15,18-19,23,26H,6-7H2,1H3/p+1/t18-,19+,21-/m1/s1. The van der Waals surface area contributed by atoms with Crippen LogP contribution < -0.4 is 9.88 Å². The first-order valence-electron chi connectivity index (χ1n) is 9.40. The number of hydrogen-bond donors (Lipinski definition) is 3. The van der Waals surface area contributed by atoms with E-state index >= 15 is 0 Å². The van der Waals surface area contributed by atoms with Crippen LogP contribution in [-0.4, -0.2) is 15.8 Å². The third-order valence-corrected chi connectivity index (χ3v) is 6.08. The fourth-order valence-corrected chi connectivity index (χ4v) is 4.59. The van der Waals surface area contributed by atoms with E-state index in [1.807, 2.05) is 36.0 Å². The van der Waals surface area contributed by atoms with Gasteiger partial charge in [-0.15, -0.1) is 12.6 Å². The maximum Gasteiger partial charge on any atom is 0.269 e. The van der Waals surface area contributed by atoms with Gasteiger partial charge in [0.1, 0.15) is 0 Å². The third-order valence-electron chi connectivity index (χ3n) is 5.73. The summed E-state index contributed by atoms with van der Waals surface area (Å²) < 4.78 is 1.93. The zero-order valence-electron chi connectivity index (χ0n) is 15.8. The van der Waals surface area contributed by atoms with Gasteiger partial charge in [0, 0.05) is 29.7 Å². The number of allylic oxidation sites excluding steroid dienone is 1. The van der Waals surface area contributed by atoms with E-state index in [1.165, 1.54) is 12.1 Å². The molecular weight excluding hydrogens is 388 g/mol. The van der Waals surface area contributed by atoms with E-state index in [-0.39, 0.29) is 11.6 Å². The van der Waals surface area contributed by atoms with Gasteiger partial charge in [-0.05, 0) is 31.4 Å². The molecule has 0 amide bonds. The Morgan fingerprint density at radius 2 is 2.03 bits per heavy atom. The number of thiol groups is 1. The quantitative estimate of drug-likeness (QED) is 0.312. The summed E-state index contributed by atoms with van der Waals surface area (Å²) in [6, 6.07) is 11.8. The number of benzene rings is 1. The Labute approximate surface area is 173 Å². The molecule has 1 aliphatic heterocycles. The van der Waals surface area contributed by atoms with Crippen molar-refractivity contribution >= 4 is 18.3 Å². The average molecular weight is 409 g/mol. The van der Waals surface area contributed by atoms with Gasteiger partial charge >= 0.3 is 0 Å². The molecular formula is C21H21N4O3S+. The molecule has 7 nitrogen and oxygen atoms in total. The van der Waals surface area contributed by atoms with Crippen LogP contribution in [0.3, 0.4) is 0 Å². The number of nitriles is 1. The minimum Gasteiger partial charge on any atom is -0.365 e. The zero-order chi connectivity index (χ0) is 20.8. The van der Waals surface area contributed by atoms with Crippen LogP contribution in [0.1, 0.15) is 35.9 Å². The minimum atomic E-state index is -1.29. The Morgan fingerprint density at radius 1 is 1.34 bits per heavy atom.